The molecule has 0 aromatic carbocycles. The Balaban J connectivity index is -0.0000000161. The Bertz CT molecular complexity index is 221. The van der Waals surface area contributed by atoms with Crippen molar-refractivity contribution in [1.82, 2.24) is 0 Å². The molecule has 0 heterocycles. The van der Waals surface area contributed by atoms with Gasteiger partial charge in [-0.2, -0.15) is 0 Å². The summed E-state index contributed by atoms with van der Waals surface area (Å²) < 4.78 is 42.6. The van der Waals surface area contributed by atoms with E-state index in [2.05, 4.69) is 0 Å². The summed E-state index contributed by atoms with van der Waals surface area (Å²) in [6.45, 7) is 0. The maximum absolute atomic E-state index is 8.52. The van der Waals surface area contributed by atoms with Crippen molar-refractivity contribution in [2.24, 2.45) is 0 Å². The van der Waals surface area contributed by atoms with E-state index in [1.807, 2.05) is 0 Å². The van der Waals surface area contributed by atoms with E-state index >= 15 is 0 Å². The van der Waals surface area contributed by atoms with Gasteiger partial charge in [0.05, 0.1) is 0 Å². The Hall–Kier alpha value is -0.513. The van der Waals surface area contributed by atoms with Gasteiger partial charge < -0.3 is 70.3 Å². The molecule has 0 saturated heterocycles. The molecule has 0 aromatic rings. The van der Waals surface area contributed by atoms with Crippen LogP contribution >= 0.6 is 0 Å². The topological polar surface area (TPSA) is 316 Å². The first-order valence-corrected chi connectivity index (χ1v) is 9.19. The molecule has 0 aliphatic rings. The van der Waals surface area contributed by atoms with Crippen LogP contribution < -0.4 is 48.0 Å². The van der Waals surface area contributed by atoms with Crippen LogP contribution in [0.5, 0.6) is 0 Å². The molecule has 0 rings (SSSR count). The van der Waals surface area contributed by atoms with Crippen LogP contribution in [0.3, 0.4) is 0 Å². The van der Waals surface area contributed by atoms with Crippen molar-refractivity contribution in [3.63, 3.8) is 0 Å². The van der Waals surface area contributed by atoms with Crippen molar-refractivity contribution >= 4 is 101 Å². The summed E-state index contributed by atoms with van der Waals surface area (Å²) in [7, 11) is -18.1. The average molecular weight is 452 g/mol. The van der Waals surface area contributed by atoms with Crippen LogP contribution in [0.4, 0.5) is 0 Å². The molecule has 24 heavy (non-hydrogen) atoms. The van der Waals surface area contributed by atoms with Crippen LogP contribution in [-0.4, -0.2) is 101 Å². The molecule has 0 amide bonds. The van der Waals surface area contributed by atoms with Gasteiger partial charge in [0.15, 0.2) is 0 Å². The SMILES string of the molecule is O=[Si]([O-])[O-].O=[Si]([O-])[O-].O=[Si]([O-])[O-].O=[Si]([O-])[O-].O=[Si]([O-])[O-].[Al+3].[Al+3].[Be+2].[Be+2]. The molecule has 0 radical (unpaired) electrons. The average Bonchev–Trinajstić information content (AvgIpc) is 1.94. The van der Waals surface area contributed by atoms with Crippen molar-refractivity contribution in [3.05, 3.63) is 0 Å². The van der Waals surface area contributed by atoms with Gasteiger partial charge in [0.1, 0.15) is 0 Å². The van der Waals surface area contributed by atoms with E-state index < -0.39 is 45.9 Å². The van der Waals surface area contributed by atoms with Crippen molar-refractivity contribution in [2.45, 2.75) is 0 Å². The van der Waals surface area contributed by atoms with Gasteiger partial charge in [-0.3, -0.25) is 0 Å². The standard InChI is InChI=1S/2Al.2Be.5O3Si/c;;;;5*1-4(2)3/q2*+3;2*+2;5*-2. The van der Waals surface area contributed by atoms with E-state index in [-0.39, 0.29) is 55.0 Å². The normalized spacial score (nSPS) is 5.00. The third-order valence-electron chi connectivity index (χ3n) is 0. The molecule has 0 atom stereocenters. The third-order valence-corrected chi connectivity index (χ3v) is 0. The van der Waals surface area contributed by atoms with Crippen LogP contribution in [-0.2, 0) is 22.3 Å². The molecule has 0 aromatic heterocycles. The van der Waals surface area contributed by atoms with E-state index in [0.29, 0.717) is 0 Å². The van der Waals surface area contributed by atoms with Crippen LogP contribution in [0.1, 0.15) is 0 Å². The Labute approximate surface area is 170 Å². The molecule has 0 aliphatic heterocycles. The molecule has 120 valence electrons. The molecule has 0 saturated carbocycles. The Morgan fingerprint density at radius 3 is 0.333 bits per heavy atom. The van der Waals surface area contributed by atoms with E-state index in [9.17, 15) is 0 Å². The zero-order valence-electron chi connectivity index (χ0n) is 11.2. The number of rotatable bonds is 0. The Morgan fingerprint density at radius 1 is 0.333 bits per heavy atom. The van der Waals surface area contributed by atoms with Crippen LogP contribution in [0.15, 0.2) is 0 Å². The summed E-state index contributed by atoms with van der Waals surface area (Å²) in [6.07, 6.45) is 0. The second-order valence-corrected chi connectivity index (χ2v) is 3.75. The number of hydrogen-bond acceptors (Lipinski definition) is 15. The van der Waals surface area contributed by atoms with Gasteiger partial charge in [0, 0.05) is 45.9 Å². The predicted octanol–water partition coefficient (Wildman–Crippen LogP) is -15.9. The first-order chi connectivity index (χ1) is 8.66. The first-order valence-electron chi connectivity index (χ1n) is 3.06. The molecule has 0 fully saturated rings. The van der Waals surface area contributed by atoms with Crippen molar-refractivity contribution < 1.29 is 70.3 Å². The number of hydrogen-bond donors (Lipinski definition) is 0. The van der Waals surface area contributed by atoms with Gasteiger partial charge in [0.2, 0.25) is 0 Å². The zero-order chi connectivity index (χ0) is 17.9. The summed E-state index contributed by atoms with van der Waals surface area (Å²) >= 11 is 0. The van der Waals surface area contributed by atoms with Gasteiger partial charge in [-0.05, 0) is 0 Å². The van der Waals surface area contributed by atoms with Gasteiger partial charge in [0.25, 0.3) is 0 Å². The fourth-order valence-corrected chi connectivity index (χ4v) is 0. The second kappa shape index (κ2) is 49.5. The van der Waals surface area contributed by atoms with Crippen LogP contribution in [0, 0.1) is 0 Å². The molecule has 24 heteroatoms. The van der Waals surface area contributed by atoms with Crippen LogP contribution in [0.2, 0.25) is 0 Å². The van der Waals surface area contributed by atoms with Gasteiger partial charge in [-0.25, -0.2) is 0 Å². The molecule has 0 unspecified atom stereocenters. The minimum atomic E-state index is -3.63. The molecule has 0 bridgehead atoms. The smallest absolute Gasteiger partial charge is 0.672 e. The largest absolute Gasteiger partial charge is 3.00 e. The van der Waals surface area contributed by atoms with E-state index in [4.69, 9.17) is 70.3 Å². The Kier molecular flexibility index (Phi) is 117. The summed E-state index contributed by atoms with van der Waals surface area (Å²) in [4.78, 5) is 85.2. The van der Waals surface area contributed by atoms with Crippen molar-refractivity contribution in [2.75, 3.05) is 0 Å². The fourth-order valence-electron chi connectivity index (χ4n) is 0. The van der Waals surface area contributed by atoms with Gasteiger partial charge in [-0.15, -0.1) is 0 Å². The molecule has 0 aliphatic carbocycles. The minimum absolute atomic E-state index is 0. The molecule has 0 N–H and O–H groups in total. The molecular formula is Al2Be2O15Si5. The molecule has 0 spiro atoms. The maximum atomic E-state index is 8.52. The summed E-state index contributed by atoms with van der Waals surface area (Å²) in [6, 6.07) is 0. The monoisotopic (exact) mass is 452 g/mol. The van der Waals surface area contributed by atoms with Crippen LogP contribution in [0.25, 0.3) is 0 Å². The summed E-state index contributed by atoms with van der Waals surface area (Å²) in [5, 5.41) is 0. The maximum Gasteiger partial charge on any atom is 3.00 e. The Morgan fingerprint density at radius 2 is 0.333 bits per heavy atom. The van der Waals surface area contributed by atoms with Crippen molar-refractivity contribution in [1.29, 1.82) is 0 Å². The summed E-state index contributed by atoms with van der Waals surface area (Å²) in [5.41, 5.74) is 0. The van der Waals surface area contributed by atoms with E-state index in [1.54, 1.807) is 0 Å². The fraction of sp³-hybridized carbons (Fsp3) is 0. The van der Waals surface area contributed by atoms with Gasteiger partial charge in [-0.1, -0.05) is 0 Å². The predicted molar refractivity (Wildman–Crippen MR) is 55.2 cm³/mol. The van der Waals surface area contributed by atoms with Gasteiger partial charge >= 0.3 is 55.0 Å². The quantitative estimate of drug-likeness (QED) is 0.308. The van der Waals surface area contributed by atoms with E-state index in [1.165, 1.54) is 0 Å². The van der Waals surface area contributed by atoms with E-state index in [0.717, 1.165) is 0 Å². The first kappa shape index (κ1) is 56.6. The third kappa shape index (κ3) is 34300. The molecule has 15 nitrogen and oxygen atoms in total. The minimum Gasteiger partial charge on any atom is -0.672 e. The molecular weight excluding hydrogens is 452 g/mol. The summed E-state index contributed by atoms with van der Waals surface area (Å²) in [5.74, 6) is 0. The zero-order valence-corrected chi connectivity index (χ0v) is 18.5. The second-order valence-electron chi connectivity index (χ2n) is 1.25. The van der Waals surface area contributed by atoms with Crippen molar-refractivity contribution in [3.8, 4) is 0 Å².